The van der Waals surface area contributed by atoms with E-state index in [1.807, 2.05) is 4.72 Å². The van der Waals surface area contributed by atoms with Crippen LogP contribution in [0.2, 0.25) is 5.02 Å². The zero-order valence-corrected chi connectivity index (χ0v) is 20.1. The summed E-state index contributed by atoms with van der Waals surface area (Å²) >= 11 is 7.00. The van der Waals surface area contributed by atoms with Gasteiger partial charge in [0.1, 0.15) is 6.04 Å². The van der Waals surface area contributed by atoms with Crippen LogP contribution in [0.4, 0.5) is 26.3 Å². The van der Waals surface area contributed by atoms with Gasteiger partial charge in [-0.1, -0.05) is 23.7 Å². The van der Waals surface area contributed by atoms with Gasteiger partial charge in [-0.25, -0.2) is 13.8 Å². The van der Waals surface area contributed by atoms with E-state index in [0.717, 1.165) is 0 Å². The second-order valence-corrected chi connectivity index (χ2v) is 10.1. The fourth-order valence-corrected chi connectivity index (χ4v) is 4.51. The largest absolute Gasteiger partial charge is 0.416 e. The highest BCUT2D eigenvalue weighted by molar-refractivity contribution is 7.98. The summed E-state index contributed by atoms with van der Waals surface area (Å²) in [6.07, 6.45) is -7.70. The molecule has 0 aromatic heterocycles. The number of thioether (sulfide) groups is 1. The molecule has 6 nitrogen and oxygen atoms in total. The lowest BCUT2D eigenvalue weighted by atomic mass is 10.1. The topological polar surface area (TPSA) is 87.6 Å². The quantitative estimate of drug-likeness (QED) is 0.258. The minimum atomic E-state index is -5.24. The van der Waals surface area contributed by atoms with Crippen LogP contribution < -0.4 is 10.1 Å². The highest BCUT2D eigenvalue weighted by atomic mass is 35.5. The molecule has 0 aliphatic heterocycles. The maximum Gasteiger partial charge on any atom is 0.416 e. The molecule has 0 aliphatic rings. The molecular weight excluding hydrogens is 544 g/mol. The molecule has 0 spiro atoms. The molecule has 192 valence electrons. The van der Waals surface area contributed by atoms with E-state index in [2.05, 4.69) is 10.5 Å². The zero-order chi connectivity index (χ0) is 26.4. The summed E-state index contributed by atoms with van der Waals surface area (Å²) in [6.45, 7) is 0. The molecule has 2 aromatic carbocycles. The summed E-state index contributed by atoms with van der Waals surface area (Å²) in [5.41, 5.74) is -0.958. The van der Waals surface area contributed by atoms with Crippen molar-refractivity contribution in [3.8, 4) is 0 Å². The Morgan fingerprint density at radius 3 is 2.09 bits per heavy atom. The average molecular weight is 562 g/mol. The molecule has 0 aliphatic carbocycles. The molecular formula is C20H18ClF6N3O3S2. The molecule has 2 N–H and O–H groups in total. The van der Waals surface area contributed by atoms with Crippen molar-refractivity contribution in [1.82, 2.24) is 10.1 Å². The summed E-state index contributed by atoms with van der Waals surface area (Å²) in [6, 6.07) is 4.70. The van der Waals surface area contributed by atoms with E-state index in [0.29, 0.717) is 10.6 Å². The lowest BCUT2D eigenvalue weighted by molar-refractivity contribution is -0.143. The van der Waals surface area contributed by atoms with Gasteiger partial charge < -0.3 is 0 Å². The number of hydrogen-bond acceptors (Lipinski definition) is 5. The Balaban J connectivity index is 2.32. The van der Waals surface area contributed by atoms with E-state index in [4.69, 9.17) is 11.6 Å². The number of nitrogens with one attached hydrogen (secondary N) is 2. The maximum absolute atomic E-state index is 13.1. The molecule has 0 radical (unpaired) electrons. The number of alkyl halides is 6. The number of rotatable bonds is 9. The number of carbonyl (C=O) groups excluding carboxylic acids is 1. The first-order chi connectivity index (χ1) is 16.1. The molecule has 1 atom stereocenters. The monoisotopic (exact) mass is 561 g/mol. The summed E-state index contributed by atoms with van der Waals surface area (Å²) < 4.78 is 106. The molecule has 0 heterocycles. The normalized spacial score (nSPS) is 13.7. The zero-order valence-electron chi connectivity index (χ0n) is 17.7. The number of amides is 1. The van der Waals surface area contributed by atoms with Crippen molar-refractivity contribution in [2.75, 3.05) is 12.0 Å². The van der Waals surface area contributed by atoms with Crippen molar-refractivity contribution >= 4 is 45.5 Å². The summed E-state index contributed by atoms with van der Waals surface area (Å²) in [5, 5.41) is 4.15. The molecule has 0 bridgehead atoms. The van der Waals surface area contributed by atoms with Crippen LogP contribution in [-0.4, -0.2) is 38.6 Å². The molecule has 1 unspecified atom stereocenters. The molecule has 0 fully saturated rings. The van der Waals surface area contributed by atoms with Gasteiger partial charge in [0.25, 0.3) is 5.91 Å². The molecule has 0 saturated heterocycles. The fourth-order valence-electron chi connectivity index (χ4n) is 2.61. The number of halogens is 7. The molecule has 2 aromatic rings. The minimum Gasteiger partial charge on any atom is -0.271 e. The van der Waals surface area contributed by atoms with E-state index in [-0.39, 0.29) is 30.4 Å². The van der Waals surface area contributed by atoms with Crippen LogP contribution in [0.15, 0.2) is 52.5 Å². The van der Waals surface area contributed by atoms with Gasteiger partial charge in [0, 0.05) is 5.02 Å². The number of sulfonamides is 1. The van der Waals surface area contributed by atoms with Crippen LogP contribution in [0, 0.1) is 0 Å². The number of carbonyl (C=O) groups is 1. The second-order valence-electron chi connectivity index (χ2n) is 6.98. The Morgan fingerprint density at radius 2 is 1.60 bits per heavy atom. The smallest absolute Gasteiger partial charge is 0.271 e. The Hall–Kier alpha value is -2.29. The highest BCUT2D eigenvalue weighted by Crippen LogP contribution is 2.37. The molecule has 35 heavy (non-hydrogen) atoms. The highest BCUT2D eigenvalue weighted by Gasteiger charge is 2.38. The SMILES string of the molecule is CSCCC(NS(=O)(=O)c1cc(C(F)(F)F)cc(C(F)(F)F)c1)C(=O)N/N=C/c1ccc(Cl)cc1. The lowest BCUT2D eigenvalue weighted by Gasteiger charge is -2.19. The first-order valence-corrected chi connectivity index (χ1v) is 12.8. The van der Waals surface area contributed by atoms with Gasteiger partial charge in [0.05, 0.1) is 22.2 Å². The van der Waals surface area contributed by atoms with Crippen LogP contribution in [0.25, 0.3) is 0 Å². The van der Waals surface area contributed by atoms with E-state index in [9.17, 15) is 39.6 Å². The average Bonchev–Trinajstić information content (AvgIpc) is 2.76. The fraction of sp³-hybridized carbons (Fsp3) is 0.300. The van der Waals surface area contributed by atoms with Gasteiger partial charge in [-0.2, -0.15) is 47.9 Å². The summed E-state index contributed by atoms with van der Waals surface area (Å²) in [4.78, 5) is 11.2. The molecule has 0 saturated carbocycles. The van der Waals surface area contributed by atoms with Gasteiger partial charge in [-0.15, -0.1) is 0 Å². The Kier molecular flexibility index (Phi) is 9.62. The van der Waals surface area contributed by atoms with Crippen molar-refractivity contribution in [2.45, 2.75) is 29.7 Å². The van der Waals surface area contributed by atoms with Crippen LogP contribution in [0.3, 0.4) is 0 Å². The molecule has 1 amide bonds. The van der Waals surface area contributed by atoms with Crippen molar-refractivity contribution in [1.29, 1.82) is 0 Å². The summed E-state index contributed by atoms with van der Waals surface area (Å²) in [7, 11) is -4.97. The van der Waals surface area contributed by atoms with E-state index < -0.39 is 50.3 Å². The first kappa shape index (κ1) is 28.9. The molecule has 2 rings (SSSR count). The van der Waals surface area contributed by atoms with Crippen molar-refractivity contribution in [3.05, 3.63) is 64.2 Å². The minimum absolute atomic E-state index is 0.0692. The maximum atomic E-state index is 13.1. The van der Waals surface area contributed by atoms with Crippen molar-refractivity contribution in [2.24, 2.45) is 5.10 Å². The number of nitrogens with zero attached hydrogens (tertiary/aromatic N) is 1. The van der Waals surface area contributed by atoms with Crippen LogP contribution in [0.5, 0.6) is 0 Å². The lowest BCUT2D eigenvalue weighted by Crippen LogP contribution is -2.45. The van der Waals surface area contributed by atoms with Gasteiger partial charge in [0.15, 0.2) is 0 Å². The van der Waals surface area contributed by atoms with Gasteiger partial charge in [-0.3, -0.25) is 4.79 Å². The third-order valence-electron chi connectivity index (χ3n) is 4.35. The predicted octanol–water partition coefficient (Wildman–Crippen LogP) is 4.93. The molecule has 15 heteroatoms. The third kappa shape index (κ3) is 8.70. The second kappa shape index (κ2) is 11.6. The number of benzene rings is 2. The van der Waals surface area contributed by atoms with E-state index in [1.165, 1.54) is 18.0 Å². The number of hydrogen-bond donors (Lipinski definition) is 2. The predicted molar refractivity (Wildman–Crippen MR) is 121 cm³/mol. The standard InChI is InChI=1S/C20H18ClF6N3O3S2/c1-34-7-6-17(18(31)29-28-11-12-2-4-15(21)5-3-12)30-35(32,33)16-9-13(19(22,23)24)8-14(10-16)20(25,26)27/h2-5,8-11,17,30H,6-7H2,1H3,(H,29,31)/b28-11+. The Labute approximate surface area is 206 Å². The van der Waals surface area contributed by atoms with Gasteiger partial charge in [0.2, 0.25) is 10.0 Å². The van der Waals surface area contributed by atoms with Crippen LogP contribution in [0.1, 0.15) is 23.1 Å². The first-order valence-electron chi connectivity index (χ1n) is 9.53. The Morgan fingerprint density at radius 1 is 1.06 bits per heavy atom. The van der Waals surface area contributed by atoms with Crippen molar-refractivity contribution in [3.63, 3.8) is 0 Å². The van der Waals surface area contributed by atoms with Gasteiger partial charge in [-0.05, 0) is 54.3 Å². The van der Waals surface area contributed by atoms with E-state index >= 15 is 0 Å². The van der Waals surface area contributed by atoms with Crippen LogP contribution >= 0.6 is 23.4 Å². The Bertz CT molecular complexity index is 1140. The van der Waals surface area contributed by atoms with Crippen LogP contribution in [-0.2, 0) is 27.2 Å². The van der Waals surface area contributed by atoms with E-state index in [1.54, 1.807) is 30.5 Å². The number of hydrazone groups is 1. The van der Waals surface area contributed by atoms with Gasteiger partial charge >= 0.3 is 12.4 Å². The summed E-state index contributed by atoms with van der Waals surface area (Å²) in [5.74, 6) is -0.714. The van der Waals surface area contributed by atoms with Crippen molar-refractivity contribution < 1.29 is 39.6 Å². The third-order valence-corrected chi connectivity index (χ3v) is 6.70.